The van der Waals surface area contributed by atoms with Crippen molar-refractivity contribution >= 4 is 11.8 Å². The lowest BCUT2D eigenvalue weighted by Crippen LogP contribution is -2.67. The number of allylic oxidation sites excluding steroid dienone is 3. The number of ether oxygens (including phenoxy) is 1. The second-order valence-electron chi connectivity index (χ2n) is 11.2. The smallest absolute Gasteiger partial charge is 0.331 e. The van der Waals surface area contributed by atoms with Crippen LogP contribution in [-0.2, 0) is 14.3 Å². The maximum Gasteiger partial charge on any atom is 0.331 e. The number of hydrogen-bond donors (Lipinski definition) is 2. The van der Waals surface area contributed by atoms with Gasteiger partial charge in [-0.2, -0.15) is 0 Å². The molecule has 7 unspecified atom stereocenters. The Morgan fingerprint density at radius 2 is 1.90 bits per heavy atom. The quantitative estimate of drug-likeness (QED) is 0.520. The third-order valence-electron chi connectivity index (χ3n) is 9.46. The first kappa shape index (κ1) is 22.7. The molecule has 5 nitrogen and oxygen atoms in total. The van der Waals surface area contributed by atoms with Gasteiger partial charge < -0.3 is 14.9 Å². The van der Waals surface area contributed by atoms with E-state index in [9.17, 15) is 19.8 Å². The largest absolute Gasteiger partial charge is 0.456 e. The van der Waals surface area contributed by atoms with Gasteiger partial charge in [0.2, 0.25) is 0 Å². The molecule has 0 bridgehead atoms. The monoisotopic (exact) mass is 430 g/mol. The maximum atomic E-state index is 12.7. The SMILES string of the molecule is C/C(=C\C(=O)OC1CCC(C)C2(O)CC3C(CCC4=CC(=O)CCC43C)C12O)C(C)C. The number of ketones is 1. The molecule has 4 rings (SSSR count). The summed E-state index contributed by atoms with van der Waals surface area (Å²) >= 11 is 0. The van der Waals surface area contributed by atoms with Crippen LogP contribution in [0.3, 0.4) is 0 Å². The van der Waals surface area contributed by atoms with Gasteiger partial charge in [-0.1, -0.05) is 38.8 Å². The van der Waals surface area contributed by atoms with Crippen molar-refractivity contribution in [1.29, 1.82) is 0 Å². The molecule has 0 spiro atoms. The molecule has 3 saturated carbocycles. The minimum Gasteiger partial charge on any atom is -0.456 e. The number of rotatable bonds is 3. The van der Waals surface area contributed by atoms with Gasteiger partial charge in [0.05, 0.1) is 0 Å². The van der Waals surface area contributed by atoms with Crippen molar-refractivity contribution in [2.24, 2.45) is 29.1 Å². The van der Waals surface area contributed by atoms with Crippen LogP contribution in [0.15, 0.2) is 23.3 Å². The van der Waals surface area contributed by atoms with Gasteiger partial charge in [0, 0.05) is 12.5 Å². The first-order chi connectivity index (χ1) is 14.4. The summed E-state index contributed by atoms with van der Waals surface area (Å²) in [7, 11) is 0. The number of carbonyl (C=O) groups excluding carboxylic acids is 2. The zero-order chi connectivity index (χ0) is 22.8. The zero-order valence-corrected chi connectivity index (χ0v) is 19.6. The Bertz CT molecular complexity index is 841. The summed E-state index contributed by atoms with van der Waals surface area (Å²) in [5.41, 5.74) is -0.828. The lowest BCUT2D eigenvalue weighted by atomic mass is 9.55. The van der Waals surface area contributed by atoms with E-state index in [0.717, 1.165) is 18.4 Å². The molecule has 0 heterocycles. The predicted molar refractivity (Wildman–Crippen MR) is 118 cm³/mol. The first-order valence-electron chi connectivity index (χ1n) is 12.0. The molecule has 5 heteroatoms. The van der Waals surface area contributed by atoms with Crippen molar-refractivity contribution in [2.75, 3.05) is 0 Å². The second-order valence-corrected chi connectivity index (χ2v) is 11.2. The van der Waals surface area contributed by atoms with Crippen molar-refractivity contribution in [3.8, 4) is 0 Å². The van der Waals surface area contributed by atoms with Crippen LogP contribution < -0.4 is 0 Å². The molecule has 0 amide bonds. The summed E-state index contributed by atoms with van der Waals surface area (Å²) in [6, 6.07) is 0. The normalized spacial score (nSPS) is 45.0. The van der Waals surface area contributed by atoms with Gasteiger partial charge in [-0.25, -0.2) is 4.79 Å². The van der Waals surface area contributed by atoms with Gasteiger partial charge >= 0.3 is 5.97 Å². The fraction of sp³-hybridized carbons (Fsp3) is 0.769. The van der Waals surface area contributed by atoms with Crippen molar-refractivity contribution in [3.63, 3.8) is 0 Å². The molecule has 172 valence electrons. The van der Waals surface area contributed by atoms with Crippen molar-refractivity contribution < 1.29 is 24.5 Å². The van der Waals surface area contributed by atoms with Crippen LogP contribution in [0.2, 0.25) is 0 Å². The van der Waals surface area contributed by atoms with Crippen LogP contribution >= 0.6 is 0 Å². The van der Waals surface area contributed by atoms with Crippen molar-refractivity contribution in [1.82, 2.24) is 0 Å². The lowest BCUT2D eigenvalue weighted by molar-refractivity contribution is -0.250. The fourth-order valence-electron chi connectivity index (χ4n) is 7.08. The Balaban J connectivity index is 1.69. The molecule has 0 aliphatic heterocycles. The number of esters is 1. The van der Waals surface area contributed by atoms with Crippen LogP contribution in [0.1, 0.15) is 79.6 Å². The van der Waals surface area contributed by atoms with Gasteiger partial charge in [0.15, 0.2) is 5.78 Å². The maximum absolute atomic E-state index is 12.7. The second kappa shape index (κ2) is 7.55. The van der Waals surface area contributed by atoms with E-state index < -0.39 is 23.3 Å². The molecular weight excluding hydrogens is 392 g/mol. The van der Waals surface area contributed by atoms with E-state index in [1.807, 2.05) is 33.8 Å². The minimum atomic E-state index is -1.46. The zero-order valence-electron chi connectivity index (χ0n) is 19.6. The molecule has 4 aliphatic rings. The van der Waals surface area contributed by atoms with E-state index in [2.05, 4.69) is 6.92 Å². The summed E-state index contributed by atoms with van der Waals surface area (Å²) in [5.74, 6) is -0.157. The molecule has 0 aromatic rings. The van der Waals surface area contributed by atoms with Crippen LogP contribution in [0.4, 0.5) is 0 Å². The topological polar surface area (TPSA) is 83.8 Å². The number of aliphatic hydroxyl groups is 2. The van der Waals surface area contributed by atoms with Gasteiger partial charge in [0.25, 0.3) is 0 Å². The highest BCUT2D eigenvalue weighted by Crippen LogP contribution is 2.67. The summed E-state index contributed by atoms with van der Waals surface area (Å²) in [6.45, 7) is 10.2. The molecule has 3 fully saturated rings. The summed E-state index contributed by atoms with van der Waals surface area (Å²) < 4.78 is 5.88. The van der Waals surface area contributed by atoms with E-state index in [1.54, 1.807) is 0 Å². The van der Waals surface area contributed by atoms with E-state index in [1.165, 1.54) is 11.6 Å². The predicted octanol–water partition coefficient (Wildman–Crippen LogP) is 4.12. The van der Waals surface area contributed by atoms with Gasteiger partial charge in [-0.15, -0.1) is 0 Å². The minimum absolute atomic E-state index is 0.0743. The number of fused-ring (bicyclic) bond motifs is 5. The Hall–Kier alpha value is -1.46. The highest BCUT2D eigenvalue weighted by molar-refractivity contribution is 5.91. The molecule has 0 saturated heterocycles. The molecule has 0 aromatic carbocycles. The number of carbonyl (C=O) groups is 2. The lowest BCUT2D eigenvalue weighted by Gasteiger charge is -2.54. The Morgan fingerprint density at radius 3 is 2.58 bits per heavy atom. The van der Waals surface area contributed by atoms with Gasteiger partial charge in [-0.05, 0) is 80.6 Å². The standard InChI is InChI=1S/C26H38O5/c1-15(2)16(3)12-23(28)31-22-9-6-17(4)25(29)14-21-20(26(22,25)30)8-7-18-13-19(27)10-11-24(18,21)5/h12-13,15,17,20-22,29-30H,6-11,14H2,1-5H3/b16-12+. The van der Waals surface area contributed by atoms with E-state index in [4.69, 9.17) is 4.74 Å². The van der Waals surface area contributed by atoms with Crippen LogP contribution in [0.25, 0.3) is 0 Å². The molecular formula is C26H38O5. The van der Waals surface area contributed by atoms with Crippen LogP contribution in [0, 0.1) is 29.1 Å². The molecule has 0 aromatic heterocycles. The molecule has 31 heavy (non-hydrogen) atoms. The summed E-state index contributed by atoms with van der Waals surface area (Å²) in [6.07, 6.45) is 7.13. The molecule has 7 atom stereocenters. The Morgan fingerprint density at radius 1 is 1.19 bits per heavy atom. The molecule has 2 N–H and O–H groups in total. The van der Waals surface area contributed by atoms with E-state index >= 15 is 0 Å². The third-order valence-corrected chi connectivity index (χ3v) is 9.46. The summed E-state index contributed by atoms with van der Waals surface area (Å²) in [5, 5.41) is 24.1. The Kier molecular flexibility index (Phi) is 5.54. The Labute approximate surface area is 185 Å². The molecule has 0 radical (unpaired) electrons. The average molecular weight is 431 g/mol. The van der Waals surface area contributed by atoms with E-state index in [0.29, 0.717) is 32.1 Å². The summed E-state index contributed by atoms with van der Waals surface area (Å²) in [4.78, 5) is 24.7. The molecule has 4 aliphatic carbocycles. The van der Waals surface area contributed by atoms with Gasteiger partial charge in [0.1, 0.15) is 17.3 Å². The average Bonchev–Trinajstić information content (AvgIpc) is 2.95. The van der Waals surface area contributed by atoms with E-state index in [-0.39, 0.29) is 34.9 Å². The van der Waals surface area contributed by atoms with Crippen LogP contribution in [-0.4, -0.2) is 39.3 Å². The first-order valence-corrected chi connectivity index (χ1v) is 12.0. The van der Waals surface area contributed by atoms with Crippen molar-refractivity contribution in [2.45, 2.75) is 96.9 Å². The highest BCUT2D eigenvalue weighted by atomic mass is 16.6. The number of hydrogen-bond acceptors (Lipinski definition) is 5. The van der Waals surface area contributed by atoms with Crippen molar-refractivity contribution in [3.05, 3.63) is 23.3 Å². The van der Waals surface area contributed by atoms with Crippen LogP contribution in [0.5, 0.6) is 0 Å². The van der Waals surface area contributed by atoms with Gasteiger partial charge in [-0.3, -0.25) is 4.79 Å². The fourth-order valence-corrected chi connectivity index (χ4v) is 7.08. The highest BCUT2D eigenvalue weighted by Gasteiger charge is 2.73. The third kappa shape index (κ3) is 3.26.